The maximum Gasteiger partial charge on any atom is 0.244 e. The Morgan fingerprint density at radius 3 is 2.76 bits per heavy atom. The zero-order valence-corrected chi connectivity index (χ0v) is 14.5. The van der Waals surface area contributed by atoms with Crippen LogP contribution in [0.15, 0.2) is 16.3 Å². The largest absolute Gasteiger partial charge is 0.312 e. The van der Waals surface area contributed by atoms with Crippen LogP contribution in [0.4, 0.5) is 0 Å². The molecule has 1 fully saturated rings. The second-order valence-corrected chi connectivity index (χ2v) is 8.38. The van der Waals surface area contributed by atoms with Crippen LogP contribution in [-0.2, 0) is 16.6 Å². The number of hydrogen-bond acceptors (Lipinski definition) is 5. The SMILES string of the molecule is CCNCc1sccc1S(=O)(=O)N(C)CCN1CCCC1. The average molecular weight is 332 g/mol. The van der Waals surface area contributed by atoms with Crippen LogP contribution < -0.4 is 5.32 Å². The Balaban J connectivity index is 2.00. The first kappa shape index (κ1) is 16.9. The van der Waals surface area contributed by atoms with Gasteiger partial charge in [0.1, 0.15) is 0 Å². The van der Waals surface area contributed by atoms with Crippen molar-refractivity contribution >= 4 is 21.4 Å². The van der Waals surface area contributed by atoms with Gasteiger partial charge in [0.2, 0.25) is 10.0 Å². The van der Waals surface area contributed by atoms with Crippen LogP contribution in [-0.4, -0.2) is 57.4 Å². The molecule has 1 N–H and O–H groups in total. The number of likely N-dealkylation sites (N-methyl/N-ethyl adjacent to an activating group) is 1. The highest BCUT2D eigenvalue weighted by molar-refractivity contribution is 7.89. The fourth-order valence-electron chi connectivity index (χ4n) is 2.50. The van der Waals surface area contributed by atoms with E-state index in [-0.39, 0.29) is 0 Å². The third kappa shape index (κ3) is 4.26. The molecule has 1 aromatic rings. The van der Waals surface area contributed by atoms with Gasteiger partial charge in [-0.05, 0) is 43.9 Å². The molecule has 0 aliphatic carbocycles. The monoisotopic (exact) mass is 331 g/mol. The highest BCUT2D eigenvalue weighted by Gasteiger charge is 2.25. The highest BCUT2D eigenvalue weighted by atomic mass is 32.2. The zero-order chi connectivity index (χ0) is 15.3. The van der Waals surface area contributed by atoms with Crippen LogP contribution in [0.1, 0.15) is 24.6 Å². The molecule has 1 aromatic heterocycles. The minimum absolute atomic E-state index is 0.456. The van der Waals surface area contributed by atoms with Gasteiger partial charge in [0.05, 0.1) is 4.90 Å². The fraction of sp³-hybridized carbons (Fsp3) is 0.714. The number of sulfonamides is 1. The van der Waals surface area contributed by atoms with Crippen LogP contribution in [0.25, 0.3) is 0 Å². The summed E-state index contributed by atoms with van der Waals surface area (Å²) in [5.41, 5.74) is 0. The molecule has 21 heavy (non-hydrogen) atoms. The average Bonchev–Trinajstić information content (AvgIpc) is 3.13. The van der Waals surface area contributed by atoms with Gasteiger partial charge in [0.15, 0.2) is 0 Å². The number of thiophene rings is 1. The van der Waals surface area contributed by atoms with Crippen molar-refractivity contribution in [3.05, 3.63) is 16.3 Å². The van der Waals surface area contributed by atoms with E-state index in [1.165, 1.54) is 28.5 Å². The van der Waals surface area contributed by atoms with Gasteiger partial charge in [-0.1, -0.05) is 6.92 Å². The first-order chi connectivity index (χ1) is 10.1. The van der Waals surface area contributed by atoms with E-state index < -0.39 is 10.0 Å². The van der Waals surface area contributed by atoms with Crippen LogP contribution in [0.5, 0.6) is 0 Å². The molecule has 1 aliphatic rings. The molecule has 1 aliphatic heterocycles. The molecular formula is C14H25N3O2S2. The normalized spacial score (nSPS) is 16.9. The minimum atomic E-state index is -3.37. The molecule has 0 saturated carbocycles. The van der Waals surface area contributed by atoms with Crippen molar-refractivity contribution in [2.75, 3.05) is 39.8 Å². The smallest absolute Gasteiger partial charge is 0.244 e. The maximum atomic E-state index is 12.7. The molecule has 0 unspecified atom stereocenters. The van der Waals surface area contributed by atoms with Gasteiger partial charge in [0.25, 0.3) is 0 Å². The standard InChI is InChI=1S/C14H25N3O2S2/c1-3-15-12-13-14(6-11-20-13)21(18,19)16(2)9-10-17-7-4-5-8-17/h6,11,15H,3-5,7-10,12H2,1-2H3. The molecule has 0 bridgehead atoms. The molecule has 0 radical (unpaired) electrons. The summed E-state index contributed by atoms with van der Waals surface area (Å²) in [5, 5.41) is 5.05. The van der Waals surface area contributed by atoms with E-state index in [4.69, 9.17) is 0 Å². The number of nitrogens with zero attached hydrogens (tertiary/aromatic N) is 2. The van der Waals surface area contributed by atoms with Crippen LogP contribution >= 0.6 is 11.3 Å². The van der Waals surface area contributed by atoms with E-state index in [0.29, 0.717) is 18.0 Å². The summed E-state index contributed by atoms with van der Waals surface area (Å²) < 4.78 is 26.8. The highest BCUT2D eigenvalue weighted by Crippen LogP contribution is 2.24. The Bertz CT molecular complexity index is 536. The molecule has 1 saturated heterocycles. The van der Waals surface area contributed by atoms with Gasteiger partial charge < -0.3 is 10.2 Å². The predicted octanol–water partition coefficient (Wildman–Crippen LogP) is 1.57. The van der Waals surface area contributed by atoms with E-state index in [2.05, 4.69) is 10.2 Å². The quantitative estimate of drug-likeness (QED) is 0.786. The van der Waals surface area contributed by atoms with Gasteiger partial charge in [-0.15, -0.1) is 11.3 Å². The lowest BCUT2D eigenvalue weighted by Crippen LogP contribution is -2.35. The van der Waals surface area contributed by atoms with E-state index in [0.717, 1.165) is 31.1 Å². The van der Waals surface area contributed by atoms with Crippen molar-refractivity contribution in [1.29, 1.82) is 0 Å². The van der Waals surface area contributed by atoms with Gasteiger partial charge in [0, 0.05) is 31.6 Å². The van der Waals surface area contributed by atoms with Crippen molar-refractivity contribution in [1.82, 2.24) is 14.5 Å². The Hall–Kier alpha value is -0.470. The Morgan fingerprint density at radius 2 is 2.10 bits per heavy atom. The van der Waals surface area contributed by atoms with Gasteiger partial charge in [-0.3, -0.25) is 0 Å². The summed E-state index contributed by atoms with van der Waals surface area (Å²) >= 11 is 1.50. The van der Waals surface area contributed by atoms with Crippen molar-refractivity contribution in [2.45, 2.75) is 31.2 Å². The number of rotatable bonds is 8. The summed E-state index contributed by atoms with van der Waals surface area (Å²) in [7, 11) is -1.69. The third-order valence-corrected chi connectivity index (χ3v) is 6.85. The molecule has 0 aromatic carbocycles. The summed E-state index contributed by atoms with van der Waals surface area (Å²) in [4.78, 5) is 3.68. The Labute approximate surface area is 132 Å². The predicted molar refractivity (Wildman–Crippen MR) is 87.2 cm³/mol. The second kappa shape index (κ2) is 7.69. The molecular weight excluding hydrogens is 306 g/mol. The molecule has 0 amide bonds. The second-order valence-electron chi connectivity index (χ2n) is 5.36. The van der Waals surface area contributed by atoms with Crippen molar-refractivity contribution in [2.24, 2.45) is 0 Å². The first-order valence-corrected chi connectivity index (χ1v) is 9.83. The molecule has 0 spiro atoms. The molecule has 0 atom stereocenters. The molecule has 7 heteroatoms. The fourth-order valence-corrected chi connectivity index (χ4v) is 5.04. The Morgan fingerprint density at radius 1 is 1.38 bits per heavy atom. The summed E-state index contributed by atoms with van der Waals surface area (Å²) in [6, 6.07) is 1.72. The van der Waals surface area contributed by atoms with Gasteiger partial charge >= 0.3 is 0 Å². The van der Waals surface area contributed by atoms with Gasteiger partial charge in [-0.2, -0.15) is 4.31 Å². The number of nitrogens with one attached hydrogen (secondary N) is 1. The Kier molecular flexibility index (Phi) is 6.19. The van der Waals surface area contributed by atoms with Crippen molar-refractivity contribution in [3.63, 3.8) is 0 Å². The van der Waals surface area contributed by atoms with Crippen LogP contribution in [0.3, 0.4) is 0 Å². The maximum absolute atomic E-state index is 12.7. The third-order valence-electron chi connectivity index (χ3n) is 3.86. The lowest BCUT2D eigenvalue weighted by atomic mass is 10.4. The van der Waals surface area contributed by atoms with Crippen LogP contribution in [0.2, 0.25) is 0 Å². The molecule has 2 rings (SSSR count). The van der Waals surface area contributed by atoms with Crippen molar-refractivity contribution in [3.8, 4) is 0 Å². The lowest BCUT2D eigenvalue weighted by Gasteiger charge is -2.21. The summed E-state index contributed by atoms with van der Waals surface area (Å²) in [5.74, 6) is 0. The number of hydrogen-bond donors (Lipinski definition) is 1. The van der Waals surface area contributed by atoms with E-state index in [1.54, 1.807) is 13.1 Å². The zero-order valence-electron chi connectivity index (χ0n) is 12.8. The van der Waals surface area contributed by atoms with Crippen LogP contribution in [0, 0.1) is 0 Å². The molecule has 5 nitrogen and oxygen atoms in total. The molecule has 2 heterocycles. The van der Waals surface area contributed by atoms with E-state index in [9.17, 15) is 8.42 Å². The van der Waals surface area contributed by atoms with Gasteiger partial charge in [-0.25, -0.2) is 8.42 Å². The lowest BCUT2D eigenvalue weighted by molar-refractivity contribution is 0.310. The topological polar surface area (TPSA) is 52.7 Å². The van der Waals surface area contributed by atoms with E-state index in [1.807, 2.05) is 12.3 Å². The summed E-state index contributed by atoms with van der Waals surface area (Å²) in [6.07, 6.45) is 2.46. The first-order valence-electron chi connectivity index (χ1n) is 7.51. The molecule has 120 valence electrons. The minimum Gasteiger partial charge on any atom is -0.312 e. The van der Waals surface area contributed by atoms with E-state index >= 15 is 0 Å². The van der Waals surface area contributed by atoms with Crippen molar-refractivity contribution < 1.29 is 8.42 Å². The summed E-state index contributed by atoms with van der Waals surface area (Å²) in [6.45, 7) is 7.03. The number of likely N-dealkylation sites (tertiary alicyclic amines) is 1.